The monoisotopic (exact) mass is 484 g/mol. The van der Waals surface area contributed by atoms with Gasteiger partial charge in [-0.1, -0.05) is 0 Å². The van der Waals surface area contributed by atoms with Crippen molar-refractivity contribution in [3.63, 3.8) is 0 Å². The van der Waals surface area contributed by atoms with Crippen LogP contribution >= 0.6 is 0 Å². The van der Waals surface area contributed by atoms with Gasteiger partial charge in [-0.25, -0.2) is 45.7 Å². The summed E-state index contributed by atoms with van der Waals surface area (Å²) < 4.78 is 0. The van der Waals surface area contributed by atoms with Gasteiger partial charge in [0.25, 0.3) is 0 Å². The van der Waals surface area contributed by atoms with Gasteiger partial charge in [-0.05, 0) is 0 Å². The molecule has 0 unspecified atom stereocenters. The molecule has 14 nitrogen and oxygen atoms in total. The highest BCUT2D eigenvalue weighted by molar-refractivity contribution is 5.91. The van der Waals surface area contributed by atoms with Gasteiger partial charge in [0.15, 0.2) is 23.4 Å². The summed E-state index contributed by atoms with van der Waals surface area (Å²) in [5.41, 5.74) is 0. The summed E-state index contributed by atoms with van der Waals surface area (Å²) in [6.07, 6.45) is -3.36. The molecule has 0 aromatic carbocycles. The first-order chi connectivity index (χ1) is 17.1. The maximum Gasteiger partial charge on any atom is 0.536 e. The summed E-state index contributed by atoms with van der Waals surface area (Å²) in [6, 6.07) is 5.93. The maximum atomic E-state index is 12.3. The van der Waals surface area contributed by atoms with Crippen LogP contribution in [0.5, 0.6) is 0 Å². The average Bonchev–Trinajstić information content (AvgIpc) is 2.85. The first kappa shape index (κ1) is 30.5. The van der Waals surface area contributed by atoms with Crippen molar-refractivity contribution in [2.24, 2.45) is 11.8 Å². The van der Waals surface area contributed by atoms with Gasteiger partial charge in [-0.2, -0.15) is 21.0 Å². The van der Waals surface area contributed by atoms with Gasteiger partial charge in [0.05, 0.1) is 50.5 Å². The Morgan fingerprint density at radius 1 is 0.556 bits per heavy atom. The second-order valence-corrected chi connectivity index (χ2v) is 6.93. The summed E-state index contributed by atoms with van der Waals surface area (Å²) in [7, 11) is 0. The molecule has 0 radical (unpaired) electrons. The van der Waals surface area contributed by atoms with Crippen molar-refractivity contribution in [3.05, 3.63) is 45.7 Å². The van der Waals surface area contributed by atoms with Crippen LogP contribution in [0.15, 0.2) is 0 Å². The molecule has 0 bridgehead atoms. The predicted octanol–water partition coefficient (Wildman–Crippen LogP) is -0.477. The third-order valence-electron chi connectivity index (χ3n) is 4.48. The number of nitrogens with zero attached hydrogens (tertiary/aromatic N) is 10. The van der Waals surface area contributed by atoms with Gasteiger partial charge >= 0.3 is 23.9 Å². The second kappa shape index (κ2) is 16.2. The highest BCUT2D eigenvalue weighted by Gasteiger charge is 2.35. The molecule has 0 aliphatic heterocycles. The predicted molar refractivity (Wildman–Crippen MR) is 116 cm³/mol. The maximum absolute atomic E-state index is 12.3. The molecule has 0 aromatic heterocycles. The Morgan fingerprint density at radius 3 is 1.03 bits per heavy atom. The molecular weight excluding hydrogens is 468 g/mol. The Hall–Kier alpha value is -5.48. The number of hydrogen-bond acceptors (Lipinski definition) is 10. The fraction of sp³-hybridized carbons (Fsp3) is 0.455. The zero-order valence-corrected chi connectivity index (χ0v) is 18.7. The molecule has 36 heavy (non-hydrogen) atoms. The molecule has 0 atom stereocenters. The molecule has 0 aliphatic carbocycles. The van der Waals surface area contributed by atoms with E-state index in [-0.39, 0.29) is 13.1 Å². The van der Waals surface area contributed by atoms with Gasteiger partial charge in [0.1, 0.15) is 0 Å². The van der Waals surface area contributed by atoms with Gasteiger partial charge in [-0.15, -0.1) is 0 Å². The smallest absolute Gasteiger partial charge is 0.296 e. The zero-order chi connectivity index (χ0) is 27.7. The lowest BCUT2D eigenvalue weighted by molar-refractivity contribution is -0.126. The van der Waals surface area contributed by atoms with Crippen molar-refractivity contribution in [1.29, 1.82) is 21.0 Å². The minimum Gasteiger partial charge on any atom is -0.296 e. The largest absolute Gasteiger partial charge is 0.536 e. The molecule has 0 saturated carbocycles. The van der Waals surface area contributed by atoms with Crippen LogP contribution < -0.4 is 0 Å². The van der Waals surface area contributed by atoms with Crippen molar-refractivity contribution >= 4 is 23.1 Å². The molecule has 0 fully saturated rings. The highest BCUT2D eigenvalue weighted by Crippen LogP contribution is 2.06. The number of hydrogen-bond donors (Lipinski definition) is 0. The lowest BCUT2D eigenvalue weighted by Crippen LogP contribution is -2.46. The number of Topliss-reactive ketones (excluding diaryl/α,β-unsaturated/α-hetero) is 4. The van der Waals surface area contributed by atoms with Crippen LogP contribution in [0.4, 0.5) is 0 Å². The Labute approximate surface area is 207 Å². The van der Waals surface area contributed by atoms with E-state index < -0.39 is 73.5 Å². The van der Waals surface area contributed by atoms with E-state index in [1.807, 2.05) is 0 Å². The van der Waals surface area contributed by atoms with Crippen LogP contribution in [0.1, 0.15) is 0 Å². The molecule has 0 rings (SSSR count). The molecule has 0 aromatic rings. The van der Waals surface area contributed by atoms with Crippen LogP contribution in [0.2, 0.25) is 0 Å². The minimum atomic E-state index is -1.68. The van der Waals surface area contributed by atoms with Crippen LogP contribution in [-0.2, 0) is 19.2 Å². The fourth-order valence-electron chi connectivity index (χ4n) is 2.63. The van der Waals surface area contributed by atoms with E-state index in [0.29, 0.717) is 0 Å². The summed E-state index contributed by atoms with van der Waals surface area (Å²) in [5, 5.41) is 35.7. The second-order valence-electron chi connectivity index (χ2n) is 6.93. The Morgan fingerprint density at radius 2 is 0.806 bits per heavy atom. The molecule has 0 aliphatic rings. The van der Waals surface area contributed by atoms with E-state index in [0.717, 1.165) is 9.80 Å². The summed E-state index contributed by atoms with van der Waals surface area (Å²) in [6.45, 7) is 24.7. The van der Waals surface area contributed by atoms with Crippen LogP contribution in [0, 0.1) is 83.4 Å². The van der Waals surface area contributed by atoms with E-state index >= 15 is 0 Å². The fourth-order valence-corrected chi connectivity index (χ4v) is 2.63. The Kier molecular flexibility index (Phi) is 13.7. The standard InChI is InChI=1S/C22H16N10O4/c1-27-21(28-2)19(35)13-32(14-20(36)22(29-3)30-4)6-5-31(11-17(33)15(7-23)8-24)12-18(34)16(9-25)10-26/h15-16,21-22H,5-6,11-14H2. The number of ketones is 4. The Bertz CT molecular complexity index is 975. The molecule has 0 N–H and O–H groups in total. The molecule has 178 valence electrons. The normalized spacial score (nSPS) is 9.83. The van der Waals surface area contributed by atoms with E-state index in [1.54, 1.807) is 0 Å². The summed E-state index contributed by atoms with van der Waals surface area (Å²) in [5.74, 6) is -6.78. The van der Waals surface area contributed by atoms with Crippen molar-refractivity contribution in [1.82, 2.24) is 9.80 Å². The van der Waals surface area contributed by atoms with Crippen molar-refractivity contribution in [2.45, 2.75) is 12.3 Å². The lowest BCUT2D eigenvalue weighted by atomic mass is 10.1. The van der Waals surface area contributed by atoms with Crippen LogP contribution in [0.25, 0.3) is 19.4 Å². The van der Waals surface area contributed by atoms with Gasteiger partial charge in [0, 0.05) is 13.1 Å². The number of rotatable bonds is 15. The highest BCUT2D eigenvalue weighted by atomic mass is 16.1. The first-order valence-electron chi connectivity index (χ1n) is 9.76. The SMILES string of the molecule is [C-]#[N+]C([N+]#[C-])C(=O)CN(CCN(CC(=O)C(C#N)C#N)CC(=O)C(C#N)C#N)CC(=O)C([N+]#[C-])[N+]#[C-]. The van der Waals surface area contributed by atoms with Crippen molar-refractivity contribution in [3.8, 4) is 24.3 Å². The van der Waals surface area contributed by atoms with Gasteiger partial charge in [0.2, 0.25) is 0 Å². The molecule has 14 heteroatoms. The molecular formula is C22H16N10O4. The zero-order valence-electron chi connectivity index (χ0n) is 18.7. The van der Waals surface area contributed by atoms with E-state index in [4.69, 9.17) is 47.3 Å². The number of carbonyl (C=O) groups excluding carboxylic acids is 4. The quantitative estimate of drug-likeness (QED) is 0.275. The Balaban J connectivity index is 5.90. The molecule has 0 saturated heterocycles. The average molecular weight is 484 g/mol. The van der Waals surface area contributed by atoms with Crippen LogP contribution in [0.3, 0.4) is 0 Å². The van der Waals surface area contributed by atoms with Crippen molar-refractivity contribution < 1.29 is 19.2 Å². The minimum absolute atomic E-state index is 0.253. The molecule has 0 heterocycles. The third kappa shape index (κ3) is 9.57. The van der Waals surface area contributed by atoms with Gasteiger partial charge in [-0.3, -0.25) is 29.0 Å². The van der Waals surface area contributed by atoms with E-state index in [1.165, 1.54) is 24.3 Å². The van der Waals surface area contributed by atoms with E-state index in [2.05, 4.69) is 19.4 Å². The summed E-state index contributed by atoms with van der Waals surface area (Å²) in [4.78, 5) is 62.8. The van der Waals surface area contributed by atoms with E-state index in [9.17, 15) is 19.2 Å². The van der Waals surface area contributed by atoms with Crippen molar-refractivity contribution in [2.75, 3.05) is 39.3 Å². The number of carbonyl (C=O) groups is 4. The first-order valence-corrected chi connectivity index (χ1v) is 9.76. The van der Waals surface area contributed by atoms with Crippen LogP contribution in [-0.4, -0.2) is 84.5 Å². The third-order valence-corrected chi connectivity index (χ3v) is 4.48. The summed E-state index contributed by atoms with van der Waals surface area (Å²) >= 11 is 0. The van der Waals surface area contributed by atoms with Gasteiger partial charge < -0.3 is 0 Å². The molecule has 0 amide bonds. The topological polar surface area (TPSA) is 187 Å². The lowest BCUT2D eigenvalue weighted by Gasteiger charge is -2.25. The number of nitriles is 4. The molecule has 0 spiro atoms.